The van der Waals surface area contributed by atoms with Crippen LogP contribution in [0.5, 0.6) is 11.5 Å². The summed E-state index contributed by atoms with van der Waals surface area (Å²) in [5, 5.41) is 21.0. The van der Waals surface area contributed by atoms with Crippen molar-refractivity contribution in [1.82, 2.24) is 0 Å². The number of aromatic hydroxyl groups is 1. The summed E-state index contributed by atoms with van der Waals surface area (Å²) >= 11 is 0. The molecular weight excluding hydrogens is 304 g/mol. The zero-order valence-corrected chi connectivity index (χ0v) is 12.7. The van der Waals surface area contributed by atoms with Gasteiger partial charge in [0.25, 0.3) is 5.91 Å². The molecule has 0 unspecified atom stereocenters. The van der Waals surface area contributed by atoms with Gasteiger partial charge in [0.1, 0.15) is 29.7 Å². The first-order valence-corrected chi connectivity index (χ1v) is 7.01. The molecule has 0 saturated carbocycles. The highest BCUT2D eigenvalue weighted by molar-refractivity contribution is 6.09. The number of nitriles is 1. The Balaban J connectivity index is 2.10. The first kappa shape index (κ1) is 16.7. The van der Waals surface area contributed by atoms with Gasteiger partial charge in [-0.3, -0.25) is 4.79 Å². The van der Waals surface area contributed by atoms with Crippen LogP contribution in [0, 0.1) is 23.7 Å². The maximum absolute atomic E-state index is 12.1. The number of phenolic OH excluding ortho intramolecular Hbond substituents is 1. The van der Waals surface area contributed by atoms with Crippen molar-refractivity contribution in [3.05, 3.63) is 59.7 Å². The van der Waals surface area contributed by atoms with Crippen molar-refractivity contribution in [3.8, 4) is 29.9 Å². The minimum absolute atomic E-state index is 0.0413. The summed E-state index contributed by atoms with van der Waals surface area (Å²) in [6.45, 7) is 0.174. The number of hydrogen-bond donors (Lipinski definition) is 2. The Morgan fingerprint density at radius 2 is 1.88 bits per heavy atom. The maximum Gasteiger partial charge on any atom is 0.266 e. The van der Waals surface area contributed by atoms with Crippen LogP contribution < -0.4 is 10.1 Å². The number of nitrogens with zero attached hydrogens (tertiary/aromatic N) is 1. The number of hydrogen-bond acceptors (Lipinski definition) is 4. The van der Waals surface area contributed by atoms with E-state index in [9.17, 15) is 15.2 Å². The van der Waals surface area contributed by atoms with Crippen molar-refractivity contribution >= 4 is 17.7 Å². The zero-order chi connectivity index (χ0) is 17.4. The molecule has 1 amide bonds. The van der Waals surface area contributed by atoms with Gasteiger partial charge in [-0.15, -0.1) is 6.42 Å². The second-order valence-electron chi connectivity index (χ2n) is 4.73. The SMILES string of the molecule is C#CCOc1ccc(/C=C(\C#N)C(=O)Nc2ccc(O)cc2)cc1. The summed E-state index contributed by atoms with van der Waals surface area (Å²) in [7, 11) is 0. The van der Waals surface area contributed by atoms with Gasteiger partial charge in [-0.05, 0) is 48.0 Å². The van der Waals surface area contributed by atoms with Gasteiger partial charge in [0.15, 0.2) is 0 Å². The Hall–Kier alpha value is -3.70. The first-order valence-electron chi connectivity index (χ1n) is 7.01. The van der Waals surface area contributed by atoms with Gasteiger partial charge < -0.3 is 15.2 Å². The Labute approximate surface area is 139 Å². The van der Waals surface area contributed by atoms with Gasteiger partial charge in [-0.1, -0.05) is 18.1 Å². The lowest BCUT2D eigenvalue weighted by molar-refractivity contribution is -0.112. The predicted molar refractivity (Wildman–Crippen MR) is 91.1 cm³/mol. The number of ether oxygens (including phenoxy) is 1. The number of benzene rings is 2. The third-order valence-corrected chi connectivity index (χ3v) is 3.00. The van der Waals surface area contributed by atoms with Crippen molar-refractivity contribution in [2.45, 2.75) is 0 Å². The lowest BCUT2D eigenvalue weighted by Gasteiger charge is -2.05. The molecule has 5 nitrogen and oxygen atoms in total. The lowest BCUT2D eigenvalue weighted by atomic mass is 10.1. The number of nitrogens with one attached hydrogen (secondary N) is 1. The van der Waals surface area contributed by atoms with E-state index in [0.29, 0.717) is 17.0 Å². The Bertz CT molecular complexity index is 823. The normalized spacial score (nSPS) is 10.3. The van der Waals surface area contributed by atoms with Gasteiger partial charge in [0.05, 0.1) is 0 Å². The van der Waals surface area contributed by atoms with E-state index in [-0.39, 0.29) is 17.9 Å². The Morgan fingerprint density at radius 1 is 1.21 bits per heavy atom. The van der Waals surface area contributed by atoms with Crippen LogP contribution in [0.1, 0.15) is 5.56 Å². The number of phenols is 1. The number of carbonyl (C=O) groups is 1. The Morgan fingerprint density at radius 3 is 2.46 bits per heavy atom. The van der Waals surface area contributed by atoms with Crippen molar-refractivity contribution < 1.29 is 14.6 Å². The third-order valence-electron chi connectivity index (χ3n) is 3.00. The molecule has 2 rings (SSSR count). The molecule has 0 heterocycles. The molecule has 0 aromatic heterocycles. The van der Waals surface area contributed by atoms with Crippen molar-refractivity contribution in [2.24, 2.45) is 0 Å². The number of terminal acetylenes is 1. The highest BCUT2D eigenvalue weighted by Crippen LogP contribution is 2.17. The minimum Gasteiger partial charge on any atom is -0.508 e. The largest absolute Gasteiger partial charge is 0.508 e. The van der Waals surface area contributed by atoms with Crippen LogP contribution in [0.2, 0.25) is 0 Å². The van der Waals surface area contributed by atoms with Crippen molar-refractivity contribution in [2.75, 3.05) is 11.9 Å². The van der Waals surface area contributed by atoms with E-state index in [2.05, 4.69) is 11.2 Å². The fraction of sp³-hybridized carbons (Fsp3) is 0.0526. The summed E-state index contributed by atoms with van der Waals surface area (Å²) < 4.78 is 5.26. The molecule has 0 spiro atoms. The molecule has 2 aromatic rings. The molecule has 0 bridgehead atoms. The van der Waals surface area contributed by atoms with Crippen LogP contribution in [0.4, 0.5) is 5.69 Å². The monoisotopic (exact) mass is 318 g/mol. The molecule has 0 aliphatic rings. The topological polar surface area (TPSA) is 82.3 Å². The lowest BCUT2D eigenvalue weighted by Crippen LogP contribution is -2.13. The fourth-order valence-electron chi connectivity index (χ4n) is 1.84. The molecule has 0 aliphatic heterocycles. The predicted octanol–water partition coefficient (Wildman–Crippen LogP) is 2.95. The average Bonchev–Trinajstić information content (AvgIpc) is 2.60. The molecule has 2 aromatic carbocycles. The molecule has 0 aliphatic carbocycles. The highest BCUT2D eigenvalue weighted by atomic mass is 16.5. The summed E-state index contributed by atoms with van der Waals surface area (Å²) in [6, 6.07) is 14.7. The first-order chi connectivity index (χ1) is 11.6. The smallest absolute Gasteiger partial charge is 0.266 e. The van der Waals surface area contributed by atoms with Crippen LogP contribution >= 0.6 is 0 Å². The second kappa shape index (κ2) is 8.07. The van der Waals surface area contributed by atoms with Crippen LogP contribution in [-0.4, -0.2) is 17.6 Å². The van der Waals surface area contributed by atoms with Crippen molar-refractivity contribution in [3.63, 3.8) is 0 Å². The summed E-state index contributed by atoms with van der Waals surface area (Å²) in [5.74, 6) is 2.54. The zero-order valence-electron chi connectivity index (χ0n) is 12.7. The summed E-state index contributed by atoms with van der Waals surface area (Å²) in [6.07, 6.45) is 6.59. The van der Waals surface area contributed by atoms with Gasteiger partial charge >= 0.3 is 0 Å². The van der Waals surface area contributed by atoms with Crippen LogP contribution in [0.3, 0.4) is 0 Å². The van der Waals surface area contributed by atoms with Gasteiger partial charge in [0.2, 0.25) is 0 Å². The quantitative estimate of drug-likeness (QED) is 0.384. The standard InChI is InChI=1S/C19H14N2O3/c1-2-11-24-18-9-3-14(4-10-18)12-15(13-20)19(23)21-16-5-7-17(22)8-6-16/h1,3-10,12,22H,11H2,(H,21,23)/b15-12+. The summed E-state index contributed by atoms with van der Waals surface area (Å²) in [5.41, 5.74) is 1.12. The number of rotatable bonds is 5. The fourth-order valence-corrected chi connectivity index (χ4v) is 1.84. The molecule has 2 N–H and O–H groups in total. The third kappa shape index (κ3) is 4.66. The molecule has 0 atom stereocenters. The van der Waals surface area contributed by atoms with Crippen molar-refractivity contribution in [1.29, 1.82) is 5.26 Å². The maximum atomic E-state index is 12.1. The molecule has 0 fully saturated rings. The summed E-state index contributed by atoms with van der Waals surface area (Å²) in [4.78, 5) is 12.1. The molecule has 0 saturated heterocycles. The molecule has 0 radical (unpaired) electrons. The van der Waals surface area contributed by atoms with E-state index >= 15 is 0 Å². The highest BCUT2D eigenvalue weighted by Gasteiger charge is 2.09. The molecule has 5 heteroatoms. The van der Waals surface area contributed by atoms with E-state index < -0.39 is 5.91 Å². The molecule has 24 heavy (non-hydrogen) atoms. The molecular formula is C19H14N2O3. The van der Waals surface area contributed by atoms with Gasteiger partial charge in [-0.25, -0.2) is 0 Å². The van der Waals surface area contributed by atoms with Gasteiger partial charge in [-0.2, -0.15) is 5.26 Å². The Kier molecular flexibility index (Phi) is 5.60. The van der Waals surface area contributed by atoms with E-state index in [1.807, 2.05) is 6.07 Å². The average molecular weight is 318 g/mol. The van der Waals surface area contributed by atoms with E-state index in [0.717, 1.165) is 0 Å². The molecule has 118 valence electrons. The number of anilines is 1. The second-order valence-corrected chi connectivity index (χ2v) is 4.73. The van der Waals surface area contributed by atoms with E-state index in [1.54, 1.807) is 36.4 Å². The minimum atomic E-state index is -0.532. The van der Waals surface area contributed by atoms with Gasteiger partial charge in [0, 0.05) is 5.69 Å². The van der Waals surface area contributed by atoms with Crippen LogP contribution in [0.15, 0.2) is 54.1 Å². The van der Waals surface area contributed by atoms with E-state index in [4.69, 9.17) is 11.2 Å². The number of carbonyl (C=O) groups excluding carboxylic acids is 1. The van der Waals surface area contributed by atoms with Crippen LogP contribution in [-0.2, 0) is 4.79 Å². The van der Waals surface area contributed by atoms with Crippen LogP contribution in [0.25, 0.3) is 6.08 Å². The number of amides is 1. The van der Waals surface area contributed by atoms with E-state index in [1.165, 1.54) is 18.2 Å².